The summed E-state index contributed by atoms with van der Waals surface area (Å²) in [6.07, 6.45) is 2.63. The van der Waals surface area contributed by atoms with Crippen molar-refractivity contribution in [1.82, 2.24) is 0 Å². The van der Waals surface area contributed by atoms with E-state index in [0.29, 0.717) is 18.9 Å². The van der Waals surface area contributed by atoms with Gasteiger partial charge in [-0.1, -0.05) is 13.8 Å². The lowest BCUT2D eigenvalue weighted by Gasteiger charge is -2.17. The normalized spacial score (nSPS) is 11.8. The van der Waals surface area contributed by atoms with Gasteiger partial charge in [0.1, 0.15) is 12.7 Å². The second-order valence-electron chi connectivity index (χ2n) is 4.92. The van der Waals surface area contributed by atoms with Crippen LogP contribution in [0, 0.1) is 0 Å². The molecule has 0 aromatic carbocycles. The van der Waals surface area contributed by atoms with Crippen LogP contribution in [0.1, 0.15) is 46.0 Å². The van der Waals surface area contributed by atoms with Crippen LogP contribution in [0.3, 0.4) is 0 Å². The van der Waals surface area contributed by atoms with E-state index in [9.17, 15) is 19.2 Å². The van der Waals surface area contributed by atoms with Crippen molar-refractivity contribution in [2.45, 2.75) is 52.1 Å². The van der Waals surface area contributed by atoms with Crippen molar-refractivity contribution >= 4 is 23.9 Å². The van der Waals surface area contributed by atoms with E-state index in [0.717, 1.165) is 6.08 Å². The van der Waals surface area contributed by atoms with E-state index in [1.54, 1.807) is 0 Å². The maximum absolute atomic E-state index is 11.6. The molecule has 0 aromatic rings. The molecule has 136 valence electrons. The molecule has 1 atom stereocenters. The molecule has 0 aliphatic carbocycles. The molecule has 24 heavy (non-hydrogen) atoms. The molecule has 0 aliphatic heterocycles. The molecular formula is C16H24O8. The molecule has 0 amide bonds. The van der Waals surface area contributed by atoms with Crippen LogP contribution in [-0.4, -0.2) is 48.3 Å². The Labute approximate surface area is 140 Å². The lowest BCUT2D eigenvalue weighted by Crippen LogP contribution is -2.27. The predicted molar refractivity (Wildman–Crippen MR) is 83.0 cm³/mol. The van der Waals surface area contributed by atoms with E-state index in [-0.39, 0.29) is 32.5 Å². The lowest BCUT2D eigenvalue weighted by atomic mass is 10.2. The minimum Gasteiger partial charge on any atom is -0.478 e. The van der Waals surface area contributed by atoms with Gasteiger partial charge in [0.05, 0.1) is 6.61 Å². The lowest BCUT2D eigenvalue weighted by molar-refractivity contribution is -0.160. The van der Waals surface area contributed by atoms with E-state index in [2.05, 4.69) is 0 Å². The maximum atomic E-state index is 11.6. The minimum atomic E-state index is -1.26. The minimum absolute atomic E-state index is 0.0990. The summed E-state index contributed by atoms with van der Waals surface area (Å²) in [6, 6.07) is 0. The summed E-state index contributed by atoms with van der Waals surface area (Å²) in [5.41, 5.74) is 0. The maximum Gasteiger partial charge on any atom is 0.331 e. The third-order valence-electron chi connectivity index (χ3n) is 2.68. The molecule has 0 rings (SSSR count). The van der Waals surface area contributed by atoms with Gasteiger partial charge in [0, 0.05) is 31.4 Å². The van der Waals surface area contributed by atoms with Gasteiger partial charge in [0.2, 0.25) is 0 Å². The Morgan fingerprint density at radius 1 is 0.958 bits per heavy atom. The summed E-state index contributed by atoms with van der Waals surface area (Å²) in [5, 5.41) is 8.39. The molecule has 0 fully saturated rings. The summed E-state index contributed by atoms with van der Waals surface area (Å²) in [5.74, 6) is -2.90. The standard InChI is InChI=1S/C16H24O8/c1-3-5-14(19)23-11-12(24-16(21)6-4-2)9-10-22-15(20)8-7-13(17)18/h7-8,12H,3-6,9-11H2,1-2H3,(H,17,18)/b8-7+/t12-/m0/s1. The first-order chi connectivity index (χ1) is 11.4. The Bertz CT molecular complexity index is 455. The van der Waals surface area contributed by atoms with Crippen molar-refractivity contribution in [1.29, 1.82) is 0 Å². The number of carboxylic acids is 1. The zero-order valence-corrected chi connectivity index (χ0v) is 14.0. The van der Waals surface area contributed by atoms with Crippen LogP contribution in [0.25, 0.3) is 0 Å². The first-order valence-electron chi connectivity index (χ1n) is 7.81. The molecule has 8 heteroatoms. The van der Waals surface area contributed by atoms with Crippen molar-refractivity contribution in [2.75, 3.05) is 13.2 Å². The fraction of sp³-hybridized carbons (Fsp3) is 0.625. The molecule has 0 spiro atoms. The van der Waals surface area contributed by atoms with Crippen LogP contribution in [-0.2, 0) is 33.4 Å². The number of carboxylic acid groups (broad SMARTS) is 1. The molecular weight excluding hydrogens is 320 g/mol. The molecule has 0 radical (unpaired) electrons. The zero-order chi connectivity index (χ0) is 18.4. The SMILES string of the molecule is CCCC(=O)OC[C@H](CCOC(=O)/C=C/C(=O)O)OC(=O)CCC. The summed E-state index contributed by atoms with van der Waals surface area (Å²) in [4.78, 5) is 44.4. The largest absolute Gasteiger partial charge is 0.478 e. The monoisotopic (exact) mass is 344 g/mol. The van der Waals surface area contributed by atoms with Gasteiger partial charge in [0.15, 0.2) is 0 Å². The number of rotatable bonds is 12. The van der Waals surface area contributed by atoms with E-state index < -0.39 is 30.0 Å². The average molecular weight is 344 g/mol. The van der Waals surface area contributed by atoms with Gasteiger partial charge < -0.3 is 19.3 Å². The molecule has 0 aromatic heterocycles. The number of hydrogen-bond acceptors (Lipinski definition) is 7. The van der Waals surface area contributed by atoms with Gasteiger partial charge in [-0.05, 0) is 12.8 Å². The highest BCUT2D eigenvalue weighted by atomic mass is 16.6. The second kappa shape index (κ2) is 13.1. The Hall–Kier alpha value is -2.38. The molecule has 0 aliphatic rings. The van der Waals surface area contributed by atoms with Gasteiger partial charge in [-0.2, -0.15) is 0 Å². The van der Waals surface area contributed by atoms with Gasteiger partial charge in [-0.3, -0.25) is 9.59 Å². The first-order valence-corrected chi connectivity index (χ1v) is 7.81. The fourth-order valence-electron chi connectivity index (χ4n) is 1.57. The summed E-state index contributed by atoms with van der Waals surface area (Å²) >= 11 is 0. The van der Waals surface area contributed by atoms with Crippen LogP contribution in [0.2, 0.25) is 0 Å². The number of aliphatic carboxylic acids is 1. The predicted octanol–water partition coefficient (Wildman–Crippen LogP) is 1.62. The van der Waals surface area contributed by atoms with Crippen molar-refractivity contribution in [3.05, 3.63) is 12.2 Å². The smallest absolute Gasteiger partial charge is 0.331 e. The van der Waals surface area contributed by atoms with Crippen molar-refractivity contribution < 1.29 is 38.5 Å². The van der Waals surface area contributed by atoms with Crippen molar-refractivity contribution in [3.8, 4) is 0 Å². The number of esters is 3. The van der Waals surface area contributed by atoms with Crippen LogP contribution >= 0.6 is 0 Å². The van der Waals surface area contributed by atoms with Crippen LogP contribution in [0.5, 0.6) is 0 Å². The quantitative estimate of drug-likeness (QED) is 0.322. The summed E-state index contributed by atoms with van der Waals surface area (Å²) < 4.78 is 15.0. The van der Waals surface area contributed by atoms with Crippen LogP contribution in [0.15, 0.2) is 12.2 Å². The van der Waals surface area contributed by atoms with E-state index in [1.165, 1.54) is 0 Å². The average Bonchev–Trinajstić information content (AvgIpc) is 2.51. The van der Waals surface area contributed by atoms with E-state index in [4.69, 9.17) is 19.3 Å². The van der Waals surface area contributed by atoms with Crippen LogP contribution in [0.4, 0.5) is 0 Å². The Morgan fingerprint density at radius 2 is 1.58 bits per heavy atom. The fourth-order valence-corrected chi connectivity index (χ4v) is 1.57. The molecule has 0 heterocycles. The second-order valence-corrected chi connectivity index (χ2v) is 4.92. The summed E-state index contributed by atoms with van der Waals surface area (Å²) in [6.45, 7) is 3.45. The van der Waals surface area contributed by atoms with Crippen LogP contribution < -0.4 is 0 Å². The van der Waals surface area contributed by atoms with Crippen molar-refractivity contribution in [3.63, 3.8) is 0 Å². The summed E-state index contributed by atoms with van der Waals surface area (Å²) in [7, 11) is 0. The Kier molecular flexibility index (Phi) is 11.8. The zero-order valence-electron chi connectivity index (χ0n) is 14.0. The Morgan fingerprint density at radius 3 is 2.17 bits per heavy atom. The topological polar surface area (TPSA) is 116 Å². The highest BCUT2D eigenvalue weighted by molar-refractivity contribution is 5.90. The highest BCUT2D eigenvalue weighted by Crippen LogP contribution is 2.05. The molecule has 0 saturated carbocycles. The highest BCUT2D eigenvalue weighted by Gasteiger charge is 2.17. The van der Waals surface area contributed by atoms with Gasteiger partial charge in [-0.25, -0.2) is 9.59 Å². The third-order valence-corrected chi connectivity index (χ3v) is 2.68. The molecule has 1 N–H and O–H groups in total. The van der Waals surface area contributed by atoms with Gasteiger partial charge >= 0.3 is 23.9 Å². The van der Waals surface area contributed by atoms with E-state index in [1.807, 2.05) is 13.8 Å². The first kappa shape index (κ1) is 21.6. The van der Waals surface area contributed by atoms with Gasteiger partial charge in [0.25, 0.3) is 0 Å². The molecule has 8 nitrogen and oxygen atoms in total. The van der Waals surface area contributed by atoms with E-state index >= 15 is 0 Å². The number of carbonyl (C=O) groups excluding carboxylic acids is 3. The Balaban J connectivity index is 4.36. The number of carbonyl (C=O) groups is 4. The third kappa shape index (κ3) is 12.2. The number of hydrogen-bond donors (Lipinski definition) is 1. The van der Waals surface area contributed by atoms with Crippen molar-refractivity contribution in [2.24, 2.45) is 0 Å². The molecule has 0 unspecified atom stereocenters. The number of ether oxygens (including phenoxy) is 3. The molecule has 0 bridgehead atoms. The molecule has 0 saturated heterocycles. The van der Waals surface area contributed by atoms with Gasteiger partial charge in [-0.15, -0.1) is 0 Å².